The van der Waals surface area contributed by atoms with Crippen LogP contribution in [0, 0.1) is 0 Å². The zero-order valence-corrected chi connectivity index (χ0v) is 14.6. The van der Waals surface area contributed by atoms with Gasteiger partial charge in [-0.1, -0.05) is 12.2 Å². The van der Waals surface area contributed by atoms with Gasteiger partial charge in [-0.15, -0.1) is 0 Å². The van der Waals surface area contributed by atoms with Gasteiger partial charge in [0.1, 0.15) is 0 Å². The molecule has 23 heavy (non-hydrogen) atoms. The van der Waals surface area contributed by atoms with E-state index < -0.39 is 0 Å². The van der Waals surface area contributed by atoms with E-state index in [0.717, 1.165) is 25.2 Å². The molecule has 1 aliphatic heterocycles. The molecule has 0 radical (unpaired) electrons. The Morgan fingerprint density at radius 1 is 1.26 bits per heavy atom. The number of hydrogen-bond donors (Lipinski definition) is 0. The molecule has 0 N–H and O–H groups in total. The molecule has 1 saturated heterocycles. The van der Waals surface area contributed by atoms with E-state index in [1.54, 1.807) is 20.3 Å². The van der Waals surface area contributed by atoms with Crippen LogP contribution in [0.3, 0.4) is 0 Å². The number of piperazine rings is 1. The molecule has 1 amide bonds. The minimum absolute atomic E-state index is 0.0392. The van der Waals surface area contributed by atoms with Gasteiger partial charge in [0.15, 0.2) is 11.5 Å². The summed E-state index contributed by atoms with van der Waals surface area (Å²) in [7, 11) is 5.28. The Balaban J connectivity index is 2.38. The number of amides is 1. The van der Waals surface area contributed by atoms with Crippen LogP contribution in [0.4, 0.5) is 0 Å². The smallest absolute Gasteiger partial charge is 0.254 e. The van der Waals surface area contributed by atoms with Crippen molar-refractivity contribution >= 4 is 12.0 Å². The molecule has 1 fully saturated rings. The summed E-state index contributed by atoms with van der Waals surface area (Å²) in [5, 5.41) is 0. The second-order valence-electron chi connectivity index (χ2n) is 5.91. The Morgan fingerprint density at radius 2 is 2.00 bits per heavy atom. The third-order valence-electron chi connectivity index (χ3n) is 4.19. The molecule has 0 bridgehead atoms. The van der Waals surface area contributed by atoms with Gasteiger partial charge in [0.25, 0.3) is 5.91 Å². The summed E-state index contributed by atoms with van der Waals surface area (Å²) in [5.41, 5.74) is 1.48. The molecule has 126 valence electrons. The second kappa shape index (κ2) is 7.51. The minimum Gasteiger partial charge on any atom is -0.493 e. The zero-order valence-electron chi connectivity index (χ0n) is 14.6. The third-order valence-corrected chi connectivity index (χ3v) is 4.19. The molecule has 1 aromatic rings. The topological polar surface area (TPSA) is 42.0 Å². The van der Waals surface area contributed by atoms with Gasteiger partial charge in [-0.25, -0.2) is 0 Å². The lowest BCUT2D eigenvalue weighted by atomic mass is 10.0. The van der Waals surface area contributed by atoms with Crippen LogP contribution in [-0.2, 0) is 0 Å². The second-order valence-corrected chi connectivity index (χ2v) is 5.91. The minimum atomic E-state index is 0.0392. The summed E-state index contributed by atoms with van der Waals surface area (Å²) in [6, 6.07) is 3.83. The van der Waals surface area contributed by atoms with E-state index in [9.17, 15) is 4.79 Å². The standard InChI is InChI=1S/C18H26N2O3/c1-6-7-14-10-15(11-16(22-4)17(14)23-5)18(21)20-9-8-19(3)12-13(20)2/h6-7,10-11,13H,8-9,12H2,1-5H3. The maximum atomic E-state index is 12.9. The molecule has 1 atom stereocenters. The molecule has 2 rings (SSSR count). The van der Waals surface area contributed by atoms with Crippen LogP contribution in [0.25, 0.3) is 6.08 Å². The lowest BCUT2D eigenvalue weighted by Crippen LogP contribution is -2.52. The lowest BCUT2D eigenvalue weighted by Gasteiger charge is -2.38. The summed E-state index contributed by atoms with van der Waals surface area (Å²) in [6.07, 6.45) is 3.84. The Hall–Kier alpha value is -2.01. The summed E-state index contributed by atoms with van der Waals surface area (Å²) < 4.78 is 10.8. The van der Waals surface area contributed by atoms with E-state index in [0.29, 0.717) is 17.1 Å². The van der Waals surface area contributed by atoms with Crippen LogP contribution in [0.5, 0.6) is 11.5 Å². The fourth-order valence-corrected chi connectivity index (χ4v) is 3.03. The van der Waals surface area contributed by atoms with Crippen LogP contribution >= 0.6 is 0 Å². The van der Waals surface area contributed by atoms with Crippen molar-refractivity contribution in [2.75, 3.05) is 40.9 Å². The normalized spacial score (nSPS) is 19.2. The first-order valence-electron chi connectivity index (χ1n) is 7.90. The van der Waals surface area contributed by atoms with E-state index in [1.165, 1.54) is 0 Å². The largest absolute Gasteiger partial charge is 0.493 e. The van der Waals surface area contributed by atoms with Gasteiger partial charge in [0, 0.05) is 36.8 Å². The van der Waals surface area contributed by atoms with Gasteiger partial charge in [-0.3, -0.25) is 4.79 Å². The first-order valence-corrected chi connectivity index (χ1v) is 7.90. The van der Waals surface area contributed by atoms with E-state index in [2.05, 4.69) is 18.9 Å². The number of rotatable bonds is 4. The number of carbonyl (C=O) groups excluding carboxylic acids is 1. The van der Waals surface area contributed by atoms with E-state index in [1.807, 2.05) is 30.0 Å². The van der Waals surface area contributed by atoms with Crippen molar-refractivity contribution in [2.45, 2.75) is 19.9 Å². The highest BCUT2D eigenvalue weighted by atomic mass is 16.5. The van der Waals surface area contributed by atoms with Crippen LogP contribution in [-0.4, -0.2) is 62.7 Å². The molecule has 5 heteroatoms. The highest BCUT2D eigenvalue weighted by Crippen LogP contribution is 2.34. The molecular weight excluding hydrogens is 292 g/mol. The van der Waals surface area contributed by atoms with Crippen LogP contribution in [0.1, 0.15) is 29.8 Å². The first kappa shape index (κ1) is 17.3. The molecule has 0 saturated carbocycles. The van der Waals surface area contributed by atoms with Crippen LogP contribution in [0.15, 0.2) is 18.2 Å². The molecule has 0 aromatic heterocycles. The average Bonchev–Trinajstić information content (AvgIpc) is 2.53. The van der Waals surface area contributed by atoms with Crippen molar-refractivity contribution in [3.05, 3.63) is 29.3 Å². The fourth-order valence-electron chi connectivity index (χ4n) is 3.03. The average molecular weight is 318 g/mol. The van der Waals surface area contributed by atoms with Gasteiger partial charge < -0.3 is 19.3 Å². The zero-order chi connectivity index (χ0) is 17.0. The van der Waals surface area contributed by atoms with Crippen molar-refractivity contribution < 1.29 is 14.3 Å². The Labute approximate surface area is 138 Å². The number of nitrogens with zero attached hydrogens (tertiary/aromatic N) is 2. The Morgan fingerprint density at radius 3 is 2.57 bits per heavy atom. The number of carbonyl (C=O) groups is 1. The first-order chi connectivity index (χ1) is 11.0. The predicted molar refractivity (Wildman–Crippen MR) is 92.2 cm³/mol. The number of likely N-dealkylation sites (N-methyl/N-ethyl adjacent to an activating group) is 1. The van der Waals surface area contributed by atoms with E-state index >= 15 is 0 Å². The SMILES string of the molecule is CC=Cc1cc(C(=O)N2CCN(C)CC2C)cc(OC)c1OC. The van der Waals surface area contributed by atoms with E-state index in [-0.39, 0.29) is 11.9 Å². The fraction of sp³-hybridized carbons (Fsp3) is 0.500. The van der Waals surface area contributed by atoms with Crippen LogP contribution in [0.2, 0.25) is 0 Å². The molecule has 5 nitrogen and oxygen atoms in total. The maximum absolute atomic E-state index is 12.9. The summed E-state index contributed by atoms with van der Waals surface area (Å²) >= 11 is 0. The van der Waals surface area contributed by atoms with Crippen molar-refractivity contribution in [1.82, 2.24) is 9.80 Å². The molecule has 1 aliphatic rings. The molecule has 1 heterocycles. The highest BCUT2D eigenvalue weighted by molar-refractivity contribution is 5.96. The van der Waals surface area contributed by atoms with Crippen molar-refractivity contribution in [3.8, 4) is 11.5 Å². The Bertz CT molecular complexity index is 598. The highest BCUT2D eigenvalue weighted by Gasteiger charge is 2.27. The van der Waals surface area contributed by atoms with Gasteiger partial charge in [0.2, 0.25) is 0 Å². The van der Waals surface area contributed by atoms with E-state index in [4.69, 9.17) is 9.47 Å². The van der Waals surface area contributed by atoms with Crippen LogP contribution < -0.4 is 9.47 Å². The summed E-state index contributed by atoms with van der Waals surface area (Å²) in [4.78, 5) is 17.1. The number of ether oxygens (including phenoxy) is 2. The number of allylic oxidation sites excluding steroid dienone is 1. The number of methoxy groups -OCH3 is 2. The number of hydrogen-bond acceptors (Lipinski definition) is 4. The summed E-state index contributed by atoms with van der Waals surface area (Å²) in [5.74, 6) is 1.26. The Kier molecular flexibility index (Phi) is 5.66. The summed E-state index contributed by atoms with van der Waals surface area (Å²) in [6.45, 7) is 6.54. The van der Waals surface area contributed by atoms with Gasteiger partial charge in [-0.2, -0.15) is 0 Å². The lowest BCUT2D eigenvalue weighted by molar-refractivity contribution is 0.0533. The monoisotopic (exact) mass is 318 g/mol. The molecule has 1 aromatic carbocycles. The van der Waals surface area contributed by atoms with Crippen molar-refractivity contribution in [2.24, 2.45) is 0 Å². The van der Waals surface area contributed by atoms with Crippen molar-refractivity contribution in [3.63, 3.8) is 0 Å². The van der Waals surface area contributed by atoms with Gasteiger partial charge >= 0.3 is 0 Å². The molecule has 0 aliphatic carbocycles. The van der Waals surface area contributed by atoms with Crippen molar-refractivity contribution in [1.29, 1.82) is 0 Å². The predicted octanol–water partition coefficient (Wildman–Crippen LogP) is 2.51. The molecule has 1 unspecified atom stereocenters. The molecular formula is C18H26N2O3. The maximum Gasteiger partial charge on any atom is 0.254 e. The quantitative estimate of drug-likeness (QED) is 0.855. The third kappa shape index (κ3) is 3.67. The van der Waals surface area contributed by atoms with Gasteiger partial charge in [-0.05, 0) is 33.0 Å². The number of benzene rings is 1. The van der Waals surface area contributed by atoms with Gasteiger partial charge in [0.05, 0.1) is 14.2 Å². The molecule has 0 spiro atoms.